The Morgan fingerprint density at radius 2 is 1.86 bits per heavy atom. The highest BCUT2D eigenvalue weighted by Gasteiger charge is 2.33. The van der Waals surface area contributed by atoms with E-state index in [4.69, 9.17) is 0 Å². The Morgan fingerprint density at radius 3 is 2.55 bits per heavy atom. The largest absolute Gasteiger partial charge is 0.405 e. The van der Waals surface area contributed by atoms with Gasteiger partial charge in [-0.15, -0.1) is 0 Å². The van der Waals surface area contributed by atoms with Crippen molar-refractivity contribution in [1.29, 1.82) is 0 Å². The van der Waals surface area contributed by atoms with Crippen LogP contribution in [0.4, 0.5) is 19.0 Å². The second kappa shape index (κ2) is 8.89. The van der Waals surface area contributed by atoms with Crippen molar-refractivity contribution in [3.05, 3.63) is 36.8 Å². The van der Waals surface area contributed by atoms with Crippen LogP contribution in [-0.4, -0.2) is 44.1 Å². The van der Waals surface area contributed by atoms with Gasteiger partial charge in [-0.05, 0) is 32.0 Å². The van der Waals surface area contributed by atoms with Crippen LogP contribution in [0.2, 0.25) is 0 Å². The molecule has 0 aliphatic rings. The van der Waals surface area contributed by atoms with E-state index in [9.17, 15) is 18.0 Å². The van der Waals surface area contributed by atoms with Gasteiger partial charge >= 0.3 is 6.18 Å². The number of alkyl halides is 3. The molecule has 3 N–H and O–H groups in total. The normalized spacial score (nSPS) is 11.6. The van der Waals surface area contributed by atoms with Crippen molar-refractivity contribution in [2.24, 2.45) is 0 Å². The van der Waals surface area contributed by atoms with Crippen LogP contribution in [0.15, 0.2) is 36.8 Å². The molecule has 0 atom stereocenters. The molecule has 0 fully saturated rings. The molecule has 0 saturated carbocycles. The van der Waals surface area contributed by atoms with Crippen molar-refractivity contribution < 1.29 is 18.0 Å². The van der Waals surface area contributed by atoms with Gasteiger partial charge in [0.2, 0.25) is 5.91 Å². The maximum atomic E-state index is 12.3. The lowest BCUT2D eigenvalue weighted by Crippen LogP contribution is -2.50. The van der Waals surface area contributed by atoms with Gasteiger partial charge in [-0.25, -0.2) is 15.0 Å². The van der Waals surface area contributed by atoms with Gasteiger partial charge in [-0.1, -0.05) is 13.8 Å². The van der Waals surface area contributed by atoms with E-state index >= 15 is 0 Å². The van der Waals surface area contributed by atoms with E-state index in [1.54, 1.807) is 18.5 Å². The SMILES string of the molecule is CC.CC(C)(Nc1ccnc(-c2c[nH]c3ncccc23)n1)C(=O)NCC(F)(F)F. The standard InChI is InChI=1S/C17H17F3N6O.C2H6/c1-16(2,15(27)24-9-17(18,19)20)26-12-5-7-22-14(25-12)11-8-23-13-10(11)4-3-6-21-13;1-2/h3-8H,9H2,1-2H3,(H,21,23)(H,24,27)(H,22,25,26);1-2H3. The predicted molar refractivity (Wildman–Crippen MR) is 105 cm³/mol. The van der Waals surface area contributed by atoms with Gasteiger partial charge in [0.25, 0.3) is 0 Å². The summed E-state index contributed by atoms with van der Waals surface area (Å²) in [5, 5.41) is 5.55. The molecular formula is C19H23F3N6O. The molecule has 3 heterocycles. The molecule has 156 valence electrons. The monoisotopic (exact) mass is 408 g/mol. The Labute approximate surface area is 166 Å². The van der Waals surface area contributed by atoms with E-state index in [0.29, 0.717) is 17.3 Å². The number of nitrogens with one attached hydrogen (secondary N) is 3. The molecule has 0 saturated heterocycles. The fourth-order valence-corrected chi connectivity index (χ4v) is 2.48. The highest BCUT2D eigenvalue weighted by molar-refractivity contribution is 5.92. The van der Waals surface area contributed by atoms with Crippen LogP contribution < -0.4 is 10.6 Å². The van der Waals surface area contributed by atoms with Gasteiger partial charge in [-0.2, -0.15) is 13.2 Å². The van der Waals surface area contributed by atoms with E-state index in [-0.39, 0.29) is 0 Å². The second-order valence-corrected chi connectivity index (χ2v) is 6.42. The number of H-pyrrole nitrogens is 1. The van der Waals surface area contributed by atoms with Crippen LogP contribution in [0.3, 0.4) is 0 Å². The maximum absolute atomic E-state index is 12.3. The highest BCUT2D eigenvalue weighted by Crippen LogP contribution is 2.25. The third-order valence-electron chi connectivity index (χ3n) is 3.81. The summed E-state index contributed by atoms with van der Waals surface area (Å²) in [4.78, 5) is 27.9. The smallest absolute Gasteiger partial charge is 0.356 e. The molecule has 29 heavy (non-hydrogen) atoms. The van der Waals surface area contributed by atoms with Crippen LogP contribution in [0.5, 0.6) is 0 Å². The number of aromatic nitrogens is 4. The quantitative estimate of drug-likeness (QED) is 0.595. The Bertz CT molecular complexity index is 968. The summed E-state index contributed by atoms with van der Waals surface area (Å²) in [6.45, 7) is 5.54. The van der Waals surface area contributed by atoms with E-state index in [2.05, 4.69) is 25.3 Å². The molecule has 3 aromatic heterocycles. The number of halogens is 3. The molecule has 0 aromatic carbocycles. The second-order valence-electron chi connectivity index (χ2n) is 6.42. The Morgan fingerprint density at radius 1 is 1.14 bits per heavy atom. The van der Waals surface area contributed by atoms with Crippen molar-refractivity contribution in [3.63, 3.8) is 0 Å². The van der Waals surface area contributed by atoms with Crippen LogP contribution in [0.25, 0.3) is 22.4 Å². The molecule has 0 bridgehead atoms. The molecule has 7 nitrogen and oxygen atoms in total. The minimum Gasteiger partial charge on any atom is -0.356 e. The van der Waals surface area contributed by atoms with Gasteiger partial charge in [0.1, 0.15) is 23.5 Å². The van der Waals surface area contributed by atoms with Gasteiger partial charge in [0.05, 0.1) is 0 Å². The lowest BCUT2D eigenvalue weighted by molar-refractivity contribution is -0.140. The molecule has 3 aromatic rings. The van der Waals surface area contributed by atoms with Gasteiger partial charge in [0, 0.05) is 29.5 Å². The van der Waals surface area contributed by atoms with Gasteiger partial charge in [0.15, 0.2) is 5.82 Å². The molecule has 0 aliphatic carbocycles. The number of carbonyl (C=O) groups excluding carboxylic acids is 1. The zero-order chi connectivity index (χ0) is 21.7. The maximum Gasteiger partial charge on any atom is 0.405 e. The number of hydrogen-bond acceptors (Lipinski definition) is 5. The molecule has 1 amide bonds. The number of carbonyl (C=O) groups is 1. The predicted octanol–water partition coefficient (Wildman–Crippen LogP) is 3.92. The number of aromatic amines is 1. The van der Waals surface area contributed by atoms with Crippen molar-refractivity contribution in [2.75, 3.05) is 11.9 Å². The number of rotatable bonds is 5. The minimum absolute atomic E-state index is 0.311. The molecule has 10 heteroatoms. The lowest BCUT2D eigenvalue weighted by Gasteiger charge is -2.26. The van der Waals surface area contributed by atoms with Crippen molar-refractivity contribution in [2.45, 2.75) is 39.4 Å². The molecule has 0 spiro atoms. The number of fused-ring (bicyclic) bond motifs is 1. The van der Waals surface area contributed by atoms with Gasteiger partial charge < -0.3 is 15.6 Å². The molecule has 0 unspecified atom stereocenters. The lowest BCUT2D eigenvalue weighted by atomic mass is 10.0. The molecule has 0 radical (unpaired) electrons. The summed E-state index contributed by atoms with van der Waals surface area (Å²) in [5.74, 6) is -0.0903. The van der Waals surface area contributed by atoms with Crippen molar-refractivity contribution >= 4 is 22.8 Å². The first kappa shape index (κ1) is 22.1. The summed E-state index contributed by atoms with van der Waals surface area (Å²) in [6.07, 6.45) is 0.405. The van der Waals surface area contributed by atoms with E-state index in [1.807, 2.05) is 25.2 Å². The Hall–Kier alpha value is -3.17. The first-order valence-electron chi connectivity index (χ1n) is 9.04. The number of anilines is 1. The average Bonchev–Trinajstić information content (AvgIpc) is 3.11. The molecule has 0 aliphatic heterocycles. The summed E-state index contributed by atoms with van der Waals surface area (Å²) >= 11 is 0. The third-order valence-corrected chi connectivity index (χ3v) is 3.81. The van der Waals surface area contributed by atoms with Crippen molar-refractivity contribution in [1.82, 2.24) is 25.3 Å². The summed E-state index contributed by atoms with van der Waals surface area (Å²) in [5.41, 5.74) is 0.0981. The average molecular weight is 408 g/mol. The minimum atomic E-state index is -4.47. The molecule has 3 rings (SSSR count). The third kappa shape index (κ3) is 5.66. The summed E-state index contributed by atoms with van der Waals surface area (Å²) in [7, 11) is 0. The van der Waals surface area contributed by atoms with Crippen LogP contribution in [0, 0.1) is 0 Å². The zero-order valence-corrected chi connectivity index (χ0v) is 16.6. The fraction of sp³-hybridized carbons (Fsp3) is 0.368. The first-order valence-corrected chi connectivity index (χ1v) is 9.04. The van der Waals surface area contributed by atoms with E-state index in [1.165, 1.54) is 26.1 Å². The van der Waals surface area contributed by atoms with Crippen molar-refractivity contribution in [3.8, 4) is 11.4 Å². The fourth-order valence-electron chi connectivity index (χ4n) is 2.48. The van der Waals surface area contributed by atoms with E-state index < -0.39 is 24.2 Å². The number of pyridine rings is 1. The Balaban J connectivity index is 0.00000145. The van der Waals surface area contributed by atoms with Crippen LogP contribution in [0.1, 0.15) is 27.7 Å². The summed E-state index contributed by atoms with van der Waals surface area (Å²) < 4.78 is 36.9. The first-order chi connectivity index (χ1) is 13.7. The Kier molecular flexibility index (Phi) is 6.78. The van der Waals surface area contributed by atoms with Crippen LogP contribution in [-0.2, 0) is 4.79 Å². The van der Waals surface area contributed by atoms with Crippen LogP contribution >= 0.6 is 0 Å². The van der Waals surface area contributed by atoms with E-state index in [0.717, 1.165) is 10.9 Å². The van der Waals surface area contributed by atoms with Gasteiger partial charge in [-0.3, -0.25) is 4.79 Å². The topological polar surface area (TPSA) is 95.6 Å². The number of nitrogens with zero attached hydrogens (tertiary/aromatic N) is 3. The zero-order valence-electron chi connectivity index (χ0n) is 16.6. The number of hydrogen-bond donors (Lipinski definition) is 3. The summed E-state index contributed by atoms with van der Waals surface area (Å²) in [6, 6.07) is 5.19. The highest BCUT2D eigenvalue weighted by atomic mass is 19.4. The number of amides is 1. The molecular weight excluding hydrogens is 385 g/mol.